The van der Waals surface area contributed by atoms with E-state index in [1.807, 2.05) is 18.3 Å². The summed E-state index contributed by atoms with van der Waals surface area (Å²) in [5.41, 5.74) is 5.88. The predicted octanol–water partition coefficient (Wildman–Crippen LogP) is -0.218. The number of ether oxygens (including phenoxy) is 1. The van der Waals surface area contributed by atoms with Gasteiger partial charge in [0.1, 0.15) is 6.61 Å². The summed E-state index contributed by atoms with van der Waals surface area (Å²) in [7, 11) is 1.63. The van der Waals surface area contributed by atoms with Crippen LogP contribution < -0.4 is 10.9 Å². The normalized spacial score (nSPS) is 9.92. The Hall–Kier alpha value is -1.33. The van der Waals surface area contributed by atoms with Crippen molar-refractivity contribution in [2.45, 2.75) is 6.61 Å². The molecule has 13 heavy (non-hydrogen) atoms. The van der Waals surface area contributed by atoms with Gasteiger partial charge in [0.05, 0.1) is 6.61 Å². The van der Waals surface area contributed by atoms with Gasteiger partial charge < -0.3 is 9.72 Å². The van der Waals surface area contributed by atoms with Gasteiger partial charge in [-0.3, -0.25) is 10.2 Å². The zero-order valence-corrected chi connectivity index (χ0v) is 7.46. The highest BCUT2D eigenvalue weighted by molar-refractivity contribution is 5.76. The van der Waals surface area contributed by atoms with Crippen LogP contribution >= 0.6 is 0 Å². The first kappa shape index (κ1) is 9.76. The number of carbonyl (C=O) groups excluding carboxylic acids is 1. The minimum atomic E-state index is -0.186. The fourth-order valence-corrected chi connectivity index (χ4v) is 0.886. The van der Waals surface area contributed by atoms with Gasteiger partial charge in [-0.2, -0.15) is 0 Å². The van der Waals surface area contributed by atoms with Crippen LogP contribution in [0.25, 0.3) is 0 Å². The fraction of sp³-hybridized carbons (Fsp3) is 0.375. The Morgan fingerprint density at radius 3 is 3.15 bits per heavy atom. The second-order valence-electron chi connectivity index (χ2n) is 2.49. The molecule has 0 aliphatic rings. The lowest BCUT2D eigenvalue weighted by molar-refractivity contribution is -0.126. The number of hydrogen-bond donors (Lipinski definition) is 3. The van der Waals surface area contributed by atoms with Crippen LogP contribution in [0.5, 0.6) is 0 Å². The molecule has 1 heterocycles. The molecule has 0 saturated carbocycles. The van der Waals surface area contributed by atoms with E-state index in [0.29, 0.717) is 6.61 Å². The largest absolute Gasteiger partial charge is 0.365 e. The van der Waals surface area contributed by atoms with Crippen molar-refractivity contribution < 1.29 is 9.53 Å². The molecular formula is C8H13N3O2. The molecule has 1 amide bonds. The molecular weight excluding hydrogens is 170 g/mol. The first-order chi connectivity index (χ1) is 6.33. The molecule has 72 valence electrons. The van der Waals surface area contributed by atoms with Crippen molar-refractivity contribution in [1.82, 2.24) is 15.8 Å². The van der Waals surface area contributed by atoms with E-state index in [9.17, 15) is 4.79 Å². The van der Waals surface area contributed by atoms with Crippen molar-refractivity contribution >= 4 is 5.91 Å². The highest BCUT2D eigenvalue weighted by atomic mass is 16.5. The van der Waals surface area contributed by atoms with Gasteiger partial charge in [-0.15, -0.1) is 0 Å². The lowest BCUT2D eigenvalue weighted by Gasteiger charge is -2.03. The summed E-state index contributed by atoms with van der Waals surface area (Å²) in [5, 5.41) is 0. The van der Waals surface area contributed by atoms with Gasteiger partial charge in [0.15, 0.2) is 0 Å². The summed E-state index contributed by atoms with van der Waals surface area (Å²) in [4.78, 5) is 13.8. The van der Waals surface area contributed by atoms with Crippen LogP contribution in [-0.2, 0) is 16.1 Å². The second kappa shape index (κ2) is 5.34. The van der Waals surface area contributed by atoms with Crippen LogP contribution in [0, 0.1) is 0 Å². The number of aromatic nitrogens is 1. The standard InChI is InChI=1S/C8H13N3O2/c1-9-11-8(12)6-13-5-7-3-2-4-10-7/h2-4,9-10H,5-6H2,1H3,(H,11,12). The van der Waals surface area contributed by atoms with Crippen molar-refractivity contribution in [3.05, 3.63) is 24.0 Å². The minimum absolute atomic E-state index is 0.0554. The van der Waals surface area contributed by atoms with Crippen LogP contribution in [0.2, 0.25) is 0 Å². The molecule has 0 aliphatic carbocycles. The Bertz CT molecular complexity index is 246. The van der Waals surface area contributed by atoms with E-state index in [1.54, 1.807) is 7.05 Å². The van der Waals surface area contributed by atoms with Crippen molar-refractivity contribution in [3.8, 4) is 0 Å². The first-order valence-electron chi connectivity index (χ1n) is 3.98. The van der Waals surface area contributed by atoms with E-state index in [1.165, 1.54) is 0 Å². The Balaban J connectivity index is 2.11. The SMILES string of the molecule is CNNC(=O)COCc1ccc[nH]1. The Morgan fingerprint density at radius 1 is 1.69 bits per heavy atom. The molecule has 0 bridgehead atoms. The van der Waals surface area contributed by atoms with Gasteiger partial charge in [0.25, 0.3) is 5.91 Å². The number of nitrogens with one attached hydrogen (secondary N) is 3. The summed E-state index contributed by atoms with van der Waals surface area (Å²) >= 11 is 0. The van der Waals surface area contributed by atoms with Crippen LogP contribution in [0.3, 0.4) is 0 Å². The Labute approximate surface area is 76.4 Å². The number of hydrazine groups is 1. The summed E-state index contributed by atoms with van der Waals surface area (Å²) < 4.78 is 5.11. The van der Waals surface area contributed by atoms with Crippen LogP contribution in [-0.4, -0.2) is 24.5 Å². The molecule has 3 N–H and O–H groups in total. The summed E-state index contributed by atoms with van der Waals surface area (Å²) in [6.07, 6.45) is 1.81. The molecule has 0 saturated heterocycles. The predicted molar refractivity (Wildman–Crippen MR) is 47.7 cm³/mol. The molecule has 1 rings (SSSR count). The molecule has 5 nitrogen and oxygen atoms in total. The zero-order chi connectivity index (χ0) is 9.52. The first-order valence-corrected chi connectivity index (χ1v) is 3.98. The highest BCUT2D eigenvalue weighted by Crippen LogP contribution is 1.95. The molecule has 0 spiro atoms. The fourth-order valence-electron chi connectivity index (χ4n) is 0.886. The lowest BCUT2D eigenvalue weighted by atomic mass is 10.5. The molecule has 0 aliphatic heterocycles. The lowest BCUT2D eigenvalue weighted by Crippen LogP contribution is -2.36. The summed E-state index contributed by atoms with van der Waals surface area (Å²) in [6.45, 7) is 0.476. The van der Waals surface area contributed by atoms with Crippen molar-refractivity contribution in [3.63, 3.8) is 0 Å². The zero-order valence-electron chi connectivity index (χ0n) is 7.46. The number of rotatable bonds is 5. The van der Waals surface area contributed by atoms with Gasteiger partial charge in [-0.1, -0.05) is 0 Å². The molecule has 0 fully saturated rings. The maximum absolute atomic E-state index is 10.9. The van der Waals surface area contributed by atoms with E-state index in [4.69, 9.17) is 4.74 Å². The van der Waals surface area contributed by atoms with Crippen molar-refractivity contribution in [1.29, 1.82) is 0 Å². The van der Waals surface area contributed by atoms with E-state index in [0.717, 1.165) is 5.69 Å². The number of aromatic amines is 1. The van der Waals surface area contributed by atoms with Crippen LogP contribution in [0.15, 0.2) is 18.3 Å². The van der Waals surface area contributed by atoms with Gasteiger partial charge >= 0.3 is 0 Å². The van der Waals surface area contributed by atoms with Crippen LogP contribution in [0.4, 0.5) is 0 Å². The average Bonchev–Trinajstić information content (AvgIpc) is 2.57. The van der Waals surface area contributed by atoms with Gasteiger partial charge in [-0.05, 0) is 12.1 Å². The monoisotopic (exact) mass is 183 g/mol. The second-order valence-corrected chi connectivity index (χ2v) is 2.49. The molecule has 0 unspecified atom stereocenters. The third-order valence-electron chi connectivity index (χ3n) is 1.42. The highest BCUT2D eigenvalue weighted by Gasteiger charge is 1.99. The Morgan fingerprint density at radius 2 is 2.54 bits per heavy atom. The van der Waals surface area contributed by atoms with Gasteiger partial charge in [-0.25, -0.2) is 5.43 Å². The van der Waals surface area contributed by atoms with E-state index < -0.39 is 0 Å². The third-order valence-corrected chi connectivity index (χ3v) is 1.42. The minimum Gasteiger partial charge on any atom is -0.365 e. The average molecular weight is 183 g/mol. The van der Waals surface area contributed by atoms with E-state index in [2.05, 4.69) is 15.8 Å². The molecule has 0 aromatic carbocycles. The summed E-state index contributed by atoms with van der Waals surface area (Å²) in [5.74, 6) is -0.186. The Kier molecular flexibility index (Phi) is 4.01. The maximum atomic E-state index is 10.9. The molecule has 5 heteroatoms. The van der Waals surface area contributed by atoms with Crippen molar-refractivity contribution in [2.24, 2.45) is 0 Å². The number of H-pyrrole nitrogens is 1. The molecule has 1 aromatic heterocycles. The molecule has 0 radical (unpaired) electrons. The maximum Gasteiger partial charge on any atom is 0.260 e. The topological polar surface area (TPSA) is 66.2 Å². The van der Waals surface area contributed by atoms with E-state index in [-0.39, 0.29) is 12.5 Å². The number of carbonyl (C=O) groups is 1. The number of amides is 1. The smallest absolute Gasteiger partial charge is 0.260 e. The third kappa shape index (κ3) is 3.73. The van der Waals surface area contributed by atoms with Crippen molar-refractivity contribution in [2.75, 3.05) is 13.7 Å². The van der Waals surface area contributed by atoms with E-state index >= 15 is 0 Å². The van der Waals surface area contributed by atoms with Gasteiger partial charge in [0, 0.05) is 18.9 Å². The quantitative estimate of drug-likeness (QED) is 0.553. The van der Waals surface area contributed by atoms with Crippen LogP contribution in [0.1, 0.15) is 5.69 Å². The molecule has 1 aromatic rings. The number of hydrogen-bond acceptors (Lipinski definition) is 3. The molecule has 0 atom stereocenters. The summed E-state index contributed by atoms with van der Waals surface area (Å²) in [6, 6.07) is 3.78. The van der Waals surface area contributed by atoms with Gasteiger partial charge in [0.2, 0.25) is 0 Å².